The van der Waals surface area contributed by atoms with Crippen molar-refractivity contribution in [1.29, 1.82) is 5.26 Å². The number of aromatic nitrogens is 3. The van der Waals surface area contributed by atoms with E-state index >= 15 is 0 Å². The molecule has 0 aromatic carbocycles. The quantitative estimate of drug-likeness (QED) is 0.757. The van der Waals surface area contributed by atoms with Gasteiger partial charge in [0.2, 0.25) is 0 Å². The number of nitriles is 1. The van der Waals surface area contributed by atoms with Gasteiger partial charge in [0.15, 0.2) is 0 Å². The fourth-order valence-corrected chi connectivity index (χ4v) is 1.30. The molecule has 0 saturated heterocycles. The Bertz CT molecular complexity index is 337. The molecule has 0 saturated carbocycles. The SMILES string of the molecule is CC(C)Cc1c(CO)nnn1CC#N. The van der Waals surface area contributed by atoms with Gasteiger partial charge in [0, 0.05) is 0 Å². The molecule has 5 nitrogen and oxygen atoms in total. The molecular weight excluding hydrogens is 180 g/mol. The van der Waals surface area contributed by atoms with E-state index in [0.717, 1.165) is 12.1 Å². The van der Waals surface area contributed by atoms with Gasteiger partial charge in [-0.05, 0) is 12.3 Å². The number of aliphatic hydroxyl groups excluding tert-OH is 1. The van der Waals surface area contributed by atoms with Crippen LogP contribution in [0.5, 0.6) is 0 Å². The van der Waals surface area contributed by atoms with E-state index in [9.17, 15) is 0 Å². The third kappa shape index (κ3) is 2.30. The van der Waals surface area contributed by atoms with Crippen molar-refractivity contribution < 1.29 is 5.11 Å². The van der Waals surface area contributed by atoms with Crippen LogP contribution in [0.2, 0.25) is 0 Å². The topological polar surface area (TPSA) is 74.7 Å². The molecule has 0 bridgehead atoms. The van der Waals surface area contributed by atoms with E-state index in [4.69, 9.17) is 10.4 Å². The minimum Gasteiger partial charge on any atom is -0.390 e. The summed E-state index contributed by atoms with van der Waals surface area (Å²) < 4.78 is 1.55. The average molecular weight is 194 g/mol. The van der Waals surface area contributed by atoms with Crippen LogP contribution in [0.15, 0.2) is 0 Å². The Labute approximate surface area is 83.0 Å². The molecule has 1 aromatic rings. The van der Waals surface area contributed by atoms with E-state index in [1.165, 1.54) is 0 Å². The second-order valence-corrected chi connectivity index (χ2v) is 3.55. The van der Waals surface area contributed by atoms with E-state index in [2.05, 4.69) is 24.2 Å². The minimum atomic E-state index is -0.118. The van der Waals surface area contributed by atoms with Gasteiger partial charge in [0.1, 0.15) is 12.2 Å². The van der Waals surface area contributed by atoms with Gasteiger partial charge in [-0.3, -0.25) is 0 Å². The zero-order valence-corrected chi connectivity index (χ0v) is 8.43. The smallest absolute Gasteiger partial charge is 0.130 e. The summed E-state index contributed by atoms with van der Waals surface area (Å²) in [4.78, 5) is 0. The number of hydrogen-bond donors (Lipinski definition) is 1. The lowest BCUT2D eigenvalue weighted by atomic mass is 10.1. The van der Waals surface area contributed by atoms with Gasteiger partial charge in [-0.2, -0.15) is 5.26 Å². The minimum absolute atomic E-state index is 0.118. The highest BCUT2D eigenvalue weighted by molar-refractivity contribution is 5.10. The maximum absolute atomic E-state index is 9.01. The van der Waals surface area contributed by atoms with Crippen molar-refractivity contribution in [3.05, 3.63) is 11.4 Å². The fraction of sp³-hybridized carbons (Fsp3) is 0.667. The van der Waals surface area contributed by atoms with Crippen LogP contribution in [-0.4, -0.2) is 20.1 Å². The molecular formula is C9H14N4O. The molecule has 1 rings (SSSR count). The van der Waals surface area contributed by atoms with Crippen LogP contribution >= 0.6 is 0 Å². The summed E-state index contributed by atoms with van der Waals surface area (Å²) in [7, 11) is 0. The molecule has 5 heteroatoms. The standard InChI is InChI=1S/C9H14N4O/c1-7(2)5-9-8(6-14)11-12-13(9)4-3-10/h7,14H,4-6H2,1-2H3. The normalized spacial score (nSPS) is 10.5. The Kier molecular flexibility index (Phi) is 3.60. The summed E-state index contributed by atoms with van der Waals surface area (Å²) in [5.41, 5.74) is 1.44. The Balaban J connectivity index is 2.94. The number of hydrogen-bond acceptors (Lipinski definition) is 4. The van der Waals surface area contributed by atoms with Gasteiger partial charge < -0.3 is 5.11 Å². The lowest BCUT2D eigenvalue weighted by molar-refractivity contribution is 0.275. The molecule has 1 N–H and O–H groups in total. The van der Waals surface area contributed by atoms with Crippen molar-refractivity contribution >= 4 is 0 Å². The van der Waals surface area contributed by atoms with Crippen molar-refractivity contribution in [2.24, 2.45) is 5.92 Å². The second kappa shape index (κ2) is 4.72. The summed E-state index contributed by atoms with van der Waals surface area (Å²) in [5, 5.41) is 25.2. The molecule has 0 aliphatic carbocycles. The summed E-state index contributed by atoms with van der Waals surface area (Å²) in [6.07, 6.45) is 0.782. The molecule has 0 spiro atoms. The summed E-state index contributed by atoms with van der Waals surface area (Å²) in [6.45, 7) is 4.22. The highest BCUT2D eigenvalue weighted by Gasteiger charge is 2.12. The number of aliphatic hydroxyl groups is 1. The van der Waals surface area contributed by atoms with Gasteiger partial charge >= 0.3 is 0 Å². The van der Waals surface area contributed by atoms with Crippen LogP contribution in [0, 0.1) is 17.2 Å². The van der Waals surface area contributed by atoms with Gasteiger partial charge in [-0.25, -0.2) is 4.68 Å². The molecule has 0 aliphatic rings. The molecule has 0 radical (unpaired) electrons. The largest absolute Gasteiger partial charge is 0.390 e. The van der Waals surface area contributed by atoms with Crippen LogP contribution in [0.25, 0.3) is 0 Å². The lowest BCUT2D eigenvalue weighted by Gasteiger charge is -2.06. The molecule has 76 valence electrons. The van der Waals surface area contributed by atoms with Crippen molar-refractivity contribution in [2.75, 3.05) is 0 Å². The Morgan fingerprint density at radius 1 is 1.57 bits per heavy atom. The third-order valence-corrected chi connectivity index (χ3v) is 1.89. The number of nitrogens with zero attached hydrogens (tertiary/aromatic N) is 4. The van der Waals surface area contributed by atoms with E-state index in [-0.39, 0.29) is 13.2 Å². The second-order valence-electron chi connectivity index (χ2n) is 3.55. The van der Waals surface area contributed by atoms with E-state index in [1.54, 1.807) is 4.68 Å². The van der Waals surface area contributed by atoms with Crippen LogP contribution in [0.1, 0.15) is 25.2 Å². The van der Waals surface area contributed by atoms with Crippen LogP contribution < -0.4 is 0 Å². The average Bonchev–Trinajstić information content (AvgIpc) is 2.48. The van der Waals surface area contributed by atoms with Gasteiger partial charge in [-0.15, -0.1) is 5.10 Å². The molecule has 0 amide bonds. The van der Waals surface area contributed by atoms with E-state index in [1.807, 2.05) is 6.07 Å². The van der Waals surface area contributed by atoms with Gasteiger partial charge in [0.25, 0.3) is 0 Å². The predicted octanol–water partition coefficient (Wildman–Crippen LogP) is 0.492. The van der Waals surface area contributed by atoms with Crippen molar-refractivity contribution in [1.82, 2.24) is 15.0 Å². The lowest BCUT2D eigenvalue weighted by Crippen LogP contribution is -2.08. The maximum Gasteiger partial charge on any atom is 0.130 e. The van der Waals surface area contributed by atoms with Crippen molar-refractivity contribution in [3.63, 3.8) is 0 Å². The summed E-state index contributed by atoms with van der Waals surface area (Å²) >= 11 is 0. The monoisotopic (exact) mass is 194 g/mol. The predicted molar refractivity (Wildman–Crippen MR) is 50.1 cm³/mol. The molecule has 1 aromatic heterocycles. The molecule has 0 unspecified atom stereocenters. The maximum atomic E-state index is 9.01. The Morgan fingerprint density at radius 2 is 2.29 bits per heavy atom. The zero-order valence-electron chi connectivity index (χ0n) is 8.43. The van der Waals surface area contributed by atoms with Gasteiger partial charge in [-0.1, -0.05) is 19.1 Å². The first-order valence-corrected chi connectivity index (χ1v) is 4.58. The fourth-order valence-electron chi connectivity index (χ4n) is 1.30. The van der Waals surface area contributed by atoms with E-state index < -0.39 is 0 Å². The molecule has 0 fully saturated rings. The summed E-state index contributed by atoms with van der Waals surface area (Å²) in [5.74, 6) is 0.455. The third-order valence-electron chi connectivity index (χ3n) is 1.89. The van der Waals surface area contributed by atoms with Crippen LogP contribution in [-0.2, 0) is 19.6 Å². The molecule has 0 atom stereocenters. The van der Waals surface area contributed by atoms with Crippen molar-refractivity contribution in [2.45, 2.75) is 33.4 Å². The van der Waals surface area contributed by atoms with Crippen LogP contribution in [0.4, 0.5) is 0 Å². The summed E-state index contributed by atoms with van der Waals surface area (Å²) in [6, 6.07) is 2.01. The number of rotatable bonds is 4. The van der Waals surface area contributed by atoms with Gasteiger partial charge in [0.05, 0.1) is 18.4 Å². The first-order chi connectivity index (χ1) is 6.69. The Hall–Kier alpha value is -1.41. The van der Waals surface area contributed by atoms with Crippen molar-refractivity contribution in [3.8, 4) is 6.07 Å². The first-order valence-electron chi connectivity index (χ1n) is 4.58. The Morgan fingerprint density at radius 3 is 2.79 bits per heavy atom. The van der Waals surface area contributed by atoms with E-state index in [0.29, 0.717) is 11.6 Å². The highest BCUT2D eigenvalue weighted by Crippen LogP contribution is 2.11. The molecule has 0 aliphatic heterocycles. The molecule has 14 heavy (non-hydrogen) atoms. The van der Waals surface area contributed by atoms with Crippen LogP contribution in [0.3, 0.4) is 0 Å². The first kappa shape index (κ1) is 10.7. The molecule has 1 heterocycles. The zero-order chi connectivity index (χ0) is 10.6. The highest BCUT2D eigenvalue weighted by atomic mass is 16.3.